The summed E-state index contributed by atoms with van der Waals surface area (Å²) in [7, 11) is 0. The molecule has 0 radical (unpaired) electrons. The van der Waals surface area contributed by atoms with Gasteiger partial charge in [-0.3, -0.25) is 9.78 Å². The average molecular weight is 607 g/mol. The molecule has 7 nitrogen and oxygen atoms in total. The van der Waals surface area contributed by atoms with Gasteiger partial charge in [-0.15, -0.1) is 0 Å². The van der Waals surface area contributed by atoms with Crippen LogP contribution in [-0.4, -0.2) is 34.3 Å². The lowest BCUT2D eigenvalue weighted by Gasteiger charge is -2.16. The van der Waals surface area contributed by atoms with Gasteiger partial charge in [-0.25, -0.2) is 9.37 Å². The summed E-state index contributed by atoms with van der Waals surface area (Å²) in [6, 6.07) is 11.7. The number of nitriles is 1. The summed E-state index contributed by atoms with van der Waals surface area (Å²) in [5, 5.41) is 20.2. The second-order valence-electron chi connectivity index (χ2n) is 7.48. The fourth-order valence-corrected chi connectivity index (χ4v) is 4.08. The highest BCUT2D eigenvalue weighted by Gasteiger charge is 2.19. The molecule has 1 unspecified atom stereocenters. The van der Waals surface area contributed by atoms with E-state index in [1.54, 1.807) is 31.2 Å². The second-order valence-corrected chi connectivity index (χ2v) is 9.14. The van der Waals surface area contributed by atoms with Gasteiger partial charge in [-0.1, -0.05) is 6.07 Å². The Morgan fingerprint density at radius 2 is 2.06 bits per heavy atom. The summed E-state index contributed by atoms with van der Waals surface area (Å²) in [4.78, 5) is 20.5. The highest BCUT2D eigenvalue weighted by molar-refractivity contribution is 9.10. The molecule has 1 N–H and O–H groups in total. The number of ether oxygens (including phenoxy) is 2. The molecule has 0 amide bonds. The van der Waals surface area contributed by atoms with Gasteiger partial charge in [0.25, 0.3) is 0 Å². The molecule has 0 saturated heterocycles. The zero-order valence-electron chi connectivity index (χ0n) is 18.8. The summed E-state index contributed by atoms with van der Waals surface area (Å²) in [6.45, 7) is 2.17. The van der Waals surface area contributed by atoms with Crippen molar-refractivity contribution in [1.82, 2.24) is 9.97 Å². The number of esters is 1. The molecule has 2 aromatic heterocycles. The van der Waals surface area contributed by atoms with E-state index in [-0.39, 0.29) is 24.1 Å². The van der Waals surface area contributed by atoms with Crippen molar-refractivity contribution in [2.45, 2.75) is 32.3 Å². The van der Waals surface area contributed by atoms with Crippen LogP contribution in [0.2, 0.25) is 0 Å². The molecule has 0 aliphatic rings. The first kappa shape index (κ1) is 26.7. The van der Waals surface area contributed by atoms with Crippen LogP contribution >= 0.6 is 31.9 Å². The number of aliphatic hydroxyl groups excluding tert-OH is 1. The molecule has 2 heterocycles. The van der Waals surface area contributed by atoms with Gasteiger partial charge in [0, 0.05) is 11.8 Å². The number of aromatic nitrogens is 2. The van der Waals surface area contributed by atoms with Gasteiger partial charge in [-0.2, -0.15) is 5.26 Å². The standard InChI is InChI=1S/C25H22Br2FN3O4/c1-2-34-23(32)11-17-10-19(28)18(26)12-21(17)35-8-4-5-16-9-15(13-29)14-30-24(16)25(33)20-6-3-7-22(27)31-20/h3,6-7,9-10,12,14,25,33H,2,4-5,8,11H2,1H3. The van der Waals surface area contributed by atoms with Crippen LogP contribution in [0.25, 0.3) is 0 Å². The van der Waals surface area contributed by atoms with E-state index in [4.69, 9.17) is 9.47 Å². The Kier molecular flexibility index (Phi) is 9.72. The average Bonchev–Trinajstić information content (AvgIpc) is 2.84. The van der Waals surface area contributed by atoms with Crippen LogP contribution in [0.5, 0.6) is 5.75 Å². The molecular weight excluding hydrogens is 585 g/mol. The maximum absolute atomic E-state index is 14.0. The van der Waals surface area contributed by atoms with E-state index in [0.29, 0.717) is 51.3 Å². The van der Waals surface area contributed by atoms with Gasteiger partial charge >= 0.3 is 5.97 Å². The molecule has 0 fully saturated rings. The normalized spacial score (nSPS) is 11.5. The van der Waals surface area contributed by atoms with Crippen LogP contribution in [0.3, 0.4) is 0 Å². The van der Waals surface area contributed by atoms with Gasteiger partial charge in [0.05, 0.1) is 41.1 Å². The number of carbonyl (C=O) groups is 1. The summed E-state index contributed by atoms with van der Waals surface area (Å²) in [5.41, 5.74) is 2.28. The molecule has 1 aromatic carbocycles. The first-order chi connectivity index (χ1) is 16.8. The van der Waals surface area contributed by atoms with Gasteiger partial charge in [0.15, 0.2) is 0 Å². The van der Waals surface area contributed by atoms with E-state index in [0.717, 1.165) is 0 Å². The lowest BCUT2D eigenvalue weighted by molar-refractivity contribution is -0.142. The Morgan fingerprint density at radius 1 is 1.26 bits per heavy atom. The lowest BCUT2D eigenvalue weighted by atomic mass is 10.0. The molecule has 0 spiro atoms. The molecule has 0 aliphatic carbocycles. The lowest BCUT2D eigenvalue weighted by Crippen LogP contribution is -2.11. The monoisotopic (exact) mass is 605 g/mol. The number of rotatable bonds is 10. The van der Waals surface area contributed by atoms with Crippen molar-refractivity contribution < 1.29 is 23.8 Å². The minimum absolute atomic E-state index is 0.114. The molecular formula is C25H22Br2FN3O4. The zero-order valence-corrected chi connectivity index (χ0v) is 22.0. The Balaban J connectivity index is 1.73. The number of benzene rings is 1. The maximum Gasteiger partial charge on any atom is 0.310 e. The predicted octanol–water partition coefficient (Wildman–Crippen LogP) is 5.21. The third-order valence-corrected chi connectivity index (χ3v) is 6.05. The molecule has 0 saturated carbocycles. The minimum atomic E-state index is -1.07. The summed E-state index contributed by atoms with van der Waals surface area (Å²) in [6.07, 6.45) is 1.20. The number of nitrogens with zero attached hydrogens (tertiary/aromatic N) is 3. The van der Waals surface area contributed by atoms with Crippen LogP contribution in [0.4, 0.5) is 4.39 Å². The highest BCUT2D eigenvalue weighted by Crippen LogP contribution is 2.28. The topological polar surface area (TPSA) is 105 Å². The Bertz CT molecular complexity index is 1250. The van der Waals surface area contributed by atoms with E-state index >= 15 is 0 Å². The van der Waals surface area contributed by atoms with Crippen molar-refractivity contribution in [3.63, 3.8) is 0 Å². The summed E-state index contributed by atoms with van der Waals surface area (Å²) < 4.78 is 25.7. The molecule has 35 heavy (non-hydrogen) atoms. The minimum Gasteiger partial charge on any atom is -0.493 e. The van der Waals surface area contributed by atoms with E-state index in [1.807, 2.05) is 0 Å². The number of halogens is 3. The van der Waals surface area contributed by atoms with E-state index < -0.39 is 17.9 Å². The Morgan fingerprint density at radius 3 is 2.77 bits per heavy atom. The third-order valence-electron chi connectivity index (χ3n) is 5.00. The van der Waals surface area contributed by atoms with Gasteiger partial charge in [-0.05, 0) is 87.5 Å². The van der Waals surface area contributed by atoms with Crippen molar-refractivity contribution >= 4 is 37.8 Å². The molecule has 10 heteroatoms. The summed E-state index contributed by atoms with van der Waals surface area (Å²) in [5.74, 6) is -0.608. The van der Waals surface area contributed by atoms with E-state index in [1.165, 1.54) is 18.3 Å². The highest BCUT2D eigenvalue weighted by atomic mass is 79.9. The first-order valence-electron chi connectivity index (χ1n) is 10.8. The third kappa shape index (κ3) is 7.31. The van der Waals surface area contributed by atoms with E-state index in [9.17, 15) is 19.6 Å². The molecule has 182 valence electrons. The van der Waals surface area contributed by atoms with E-state index in [2.05, 4.69) is 47.9 Å². The fraction of sp³-hybridized carbons (Fsp3) is 0.280. The Hall–Kier alpha value is -2.87. The zero-order chi connectivity index (χ0) is 25.4. The number of aliphatic hydroxyl groups is 1. The second kappa shape index (κ2) is 12.7. The largest absolute Gasteiger partial charge is 0.493 e. The van der Waals surface area contributed by atoms with Gasteiger partial charge in [0.2, 0.25) is 0 Å². The van der Waals surface area contributed by atoms with Crippen molar-refractivity contribution in [3.05, 3.63) is 85.6 Å². The van der Waals surface area contributed by atoms with Crippen molar-refractivity contribution in [1.29, 1.82) is 5.26 Å². The van der Waals surface area contributed by atoms with Crippen LogP contribution in [0, 0.1) is 17.1 Å². The van der Waals surface area contributed by atoms with Crippen LogP contribution in [-0.2, 0) is 22.4 Å². The SMILES string of the molecule is CCOC(=O)Cc1cc(F)c(Br)cc1OCCCc1cc(C#N)cnc1C(O)c1cccc(Br)n1. The van der Waals surface area contributed by atoms with Crippen molar-refractivity contribution in [2.75, 3.05) is 13.2 Å². The van der Waals surface area contributed by atoms with Crippen molar-refractivity contribution in [2.24, 2.45) is 0 Å². The quantitative estimate of drug-likeness (QED) is 0.192. The number of hydrogen-bond acceptors (Lipinski definition) is 7. The number of pyridine rings is 2. The van der Waals surface area contributed by atoms with Gasteiger partial charge in [0.1, 0.15) is 28.3 Å². The first-order valence-corrected chi connectivity index (χ1v) is 12.4. The smallest absolute Gasteiger partial charge is 0.310 e. The number of hydrogen-bond donors (Lipinski definition) is 1. The molecule has 1 atom stereocenters. The molecule has 0 aliphatic heterocycles. The number of aryl methyl sites for hydroxylation is 1. The van der Waals surface area contributed by atoms with Crippen LogP contribution in [0.15, 0.2) is 51.7 Å². The van der Waals surface area contributed by atoms with Gasteiger partial charge < -0.3 is 14.6 Å². The van der Waals surface area contributed by atoms with Crippen LogP contribution in [0.1, 0.15) is 47.5 Å². The maximum atomic E-state index is 14.0. The predicted molar refractivity (Wildman–Crippen MR) is 133 cm³/mol. The van der Waals surface area contributed by atoms with Crippen molar-refractivity contribution in [3.8, 4) is 11.8 Å². The fourth-order valence-electron chi connectivity index (χ4n) is 3.40. The molecule has 0 bridgehead atoms. The molecule has 3 rings (SSSR count). The summed E-state index contributed by atoms with van der Waals surface area (Å²) >= 11 is 6.44. The number of carbonyl (C=O) groups excluding carboxylic acids is 1. The molecule has 3 aromatic rings. The van der Waals surface area contributed by atoms with Crippen LogP contribution < -0.4 is 4.74 Å². The Labute approximate surface area is 219 Å².